The van der Waals surface area contributed by atoms with Crippen molar-refractivity contribution in [2.24, 2.45) is 79.8 Å². The van der Waals surface area contributed by atoms with Crippen molar-refractivity contribution in [2.75, 3.05) is 37.8 Å². The van der Waals surface area contributed by atoms with Crippen LogP contribution in [0.2, 0.25) is 0 Å². The van der Waals surface area contributed by atoms with E-state index in [1.807, 2.05) is 183 Å². The Bertz CT molecular complexity index is 2830. The molecule has 5 aliphatic heterocycles. The van der Waals surface area contributed by atoms with E-state index in [9.17, 15) is 0 Å². The minimum absolute atomic E-state index is 0.365. The van der Waals surface area contributed by atoms with Crippen molar-refractivity contribution in [3.63, 3.8) is 0 Å². The summed E-state index contributed by atoms with van der Waals surface area (Å²) in [6.45, 7) is 122. The first-order valence-electron chi connectivity index (χ1n) is 59.2. The molecule has 6 atom stereocenters. The third kappa shape index (κ3) is 144. The Balaban J connectivity index is -0.000000117. The highest BCUT2D eigenvalue weighted by Crippen LogP contribution is 2.35. The van der Waals surface area contributed by atoms with Crippen LogP contribution in [0.1, 0.15) is 531 Å². The van der Waals surface area contributed by atoms with Crippen molar-refractivity contribution in [3.05, 3.63) is 161 Å². The highest BCUT2D eigenvalue weighted by Gasteiger charge is 2.24. The lowest BCUT2D eigenvalue weighted by Crippen LogP contribution is -2.22. The van der Waals surface area contributed by atoms with Gasteiger partial charge in [0.15, 0.2) is 18.7 Å². The van der Waals surface area contributed by atoms with Gasteiger partial charge in [-0.15, -0.1) is 22.7 Å². The molecule has 7 aliphatic rings. The number of allylic oxidation sites excluding steroid dienone is 6. The molecule has 0 saturated carbocycles. The van der Waals surface area contributed by atoms with Crippen molar-refractivity contribution in [1.82, 2.24) is 30.2 Å². The maximum atomic E-state index is 5.57. The molecule has 5 aromatic rings. The number of nitrogens with zero attached hydrogens (tertiary/aromatic N) is 5. The second kappa shape index (κ2) is 120. The van der Waals surface area contributed by atoms with Gasteiger partial charge in [-0.1, -0.05) is 460 Å². The first kappa shape index (κ1) is 169. The van der Waals surface area contributed by atoms with Gasteiger partial charge >= 0.3 is 0 Å². The quantitative estimate of drug-likeness (QED) is 0.0886. The lowest BCUT2D eigenvalue weighted by Gasteiger charge is -2.26. The van der Waals surface area contributed by atoms with Gasteiger partial charge in [-0.05, 0) is 234 Å². The minimum Gasteiger partial charge on any atom is -0.451 e. The molecule has 1 N–H and O–H groups in total. The molecule has 0 amide bonds. The van der Waals surface area contributed by atoms with Crippen LogP contribution in [0.25, 0.3) is 0 Å². The van der Waals surface area contributed by atoms with E-state index in [-0.39, 0.29) is 0 Å². The zero-order chi connectivity index (χ0) is 115. The van der Waals surface area contributed by atoms with Crippen molar-refractivity contribution in [1.29, 1.82) is 0 Å². The van der Waals surface area contributed by atoms with Crippen LogP contribution in [0.3, 0.4) is 0 Å². The van der Waals surface area contributed by atoms with Gasteiger partial charge in [0.25, 0.3) is 0 Å². The van der Waals surface area contributed by atoms with E-state index in [1.165, 1.54) is 151 Å². The summed E-state index contributed by atoms with van der Waals surface area (Å²) in [6.07, 6.45) is 69.8. The summed E-state index contributed by atoms with van der Waals surface area (Å²) < 4.78 is 26.0. The van der Waals surface area contributed by atoms with Crippen molar-refractivity contribution < 1.29 is 22.7 Å². The van der Waals surface area contributed by atoms with E-state index < -0.39 is 0 Å². The number of rotatable bonds is 17. The van der Waals surface area contributed by atoms with E-state index >= 15 is 0 Å². The lowest BCUT2D eigenvalue weighted by molar-refractivity contribution is 0.0379. The fourth-order valence-corrected chi connectivity index (χ4v) is 17.7. The smallest absolute Gasteiger partial charge is 0.194 e. The van der Waals surface area contributed by atoms with E-state index in [0.29, 0.717) is 62.5 Å². The third-order valence-electron chi connectivity index (χ3n) is 19.0. The molecule has 1 fully saturated rings. The molecule has 0 radical (unpaired) electrons. The molecule has 145 heavy (non-hydrogen) atoms. The van der Waals surface area contributed by atoms with Gasteiger partial charge in [0.2, 0.25) is 0 Å². The predicted molar refractivity (Wildman–Crippen MR) is 674 cm³/mol. The molecule has 6 unspecified atom stereocenters. The second-order valence-electron chi connectivity index (χ2n) is 43.5. The first-order chi connectivity index (χ1) is 68.7. The maximum Gasteiger partial charge on any atom is 0.194 e. The Kier molecular flexibility index (Phi) is 140. The normalized spacial score (nSPS) is 16.6. The monoisotopic (exact) mass is 2110 g/mol. The molecule has 0 spiro atoms. The fourth-order valence-electron chi connectivity index (χ4n) is 13.5. The summed E-state index contributed by atoms with van der Waals surface area (Å²) in [7, 11) is 0. The zero-order valence-corrected chi connectivity index (χ0v) is 111. The Morgan fingerprint density at radius 1 is 0.400 bits per heavy atom. The Morgan fingerprint density at radius 2 is 0.903 bits per heavy atom. The number of hydrogen-bond donors (Lipinski definition) is 1. The third-order valence-corrected chi connectivity index (χ3v) is 22.8. The number of nitrogens with one attached hydrogen (secondary N) is 1. The van der Waals surface area contributed by atoms with Gasteiger partial charge in [-0.25, -0.2) is 19.9 Å². The molecule has 15 heteroatoms. The topological polar surface area (TPSA) is 134 Å². The standard InChI is InChI=1S/2C11H20.2C10H18O.2C10H18S.3C7H11NO.2C7H11NS.C5H12.C4H9N.12C2H6/c2*1-11(2,3)9-10-7-5-4-6-8-10;4*1-10(2,3)8-9-6-4-5-7-11-9;1-6(2)3-7-4-9-5-8-7;1-6(2)3-7-4-8-5-9-7;1-6(2)5-7-8-3-4-9-7;1-6(2)3-7-4-9-5-8-7;1-6(2)3-7-4-8-5-9-7;1-4-5(2)3;1-2-4-5-3-1;12*1-2/h5,7,10H,4,6,8-9H2,1-3H3;4-5,10H,6-9H2,1-3H3;4,6,9H,5,7-8H2,1-3H3;4-5,9H,6-8H2,1-3H3;4,6,9H,5,7-8H2,1-3H3;4-5,9H,6-8H2,1-3H3;2*4-6H,3H2,1-2H3;3-4,6H,5H2,1-2H3;2*4-6H,3H2,1-2H3;5H,4H2,1-3H3;5H,1-4H2;12*1-2H3. The summed E-state index contributed by atoms with van der Waals surface area (Å²) in [6, 6.07) is 0. The van der Waals surface area contributed by atoms with Crippen molar-refractivity contribution >= 4 is 46.2 Å². The van der Waals surface area contributed by atoms with Gasteiger partial charge in [0, 0.05) is 45.5 Å². The molecular weight excluding hydrogens is 1850 g/mol. The van der Waals surface area contributed by atoms with E-state index in [0.717, 1.165) is 122 Å². The van der Waals surface area contributed by atoms with Gasteiger partial charge in [0.05, 0.1) is 60.2 Å². The molecule has 0 bridgehead atoms. The zero-order valence-electron chi connectivity index (χ0n) is 108. The van der Waals surface area contributed by atoms with Crippen LogP contribution < -0.4 is 5.32 Å². The molecule has 2 aliphatic carbocycles. The van der Waals surface area contributed by atoms with Crippen LogP contribution in [-0.2, 0) is 41.6 Å². The Morgan fingerprint density at radius 3 is 1.26 bits per heavy atom. The molecule has 0 aromatic carbocycles. The molecular formula is C130H260N6O5S4. The molecule has 1 saturated heterocycles. The number of ether oxygens (including phenoxy) is 2. The van der Waals surface area contributed by atoms with Crippen LogP contribution in [-0.4, -0.2) is 85.4 Å². The molecule has 11 nitrogen and oxygen atoms in total. The summed E-state index contributed by atoms with van der Waals surface area (Å²) in [5, 5.41) is 6.99. The average molecular weight is 2120 g/mol. The summed E-state index contributed by atoms with van der Waals surface area (Å²) >= 11 is 7.62. The molecule has 5 aromatic heterocycles. The molecule has 864 valence electrons. The van der Waals surface area contributed by atoms with Gasteiger partial charge in [0.1, 0.15) is 18.3 Å². The average Bonchev–Trinajstić information content (AvgIpc) is 1.90. The van der Waals surface area contributed by atoms with Gasteiger partial charge in [-0.2, -0.15) is 23.5 Å². The summed E-state index contributed by atoms with van der Waals surface area (Å²) in [4.78, 5) is 21.4. The maximum absolute atomic E-state index is 5.57. The number of aromatic nitrogens is 5. The number of oxazole rings is 3. The van der Waals surface area contributed by atoms with Crippen LogP contribution in [0.5, 0.6) is 0 Å². The van der Waals surface area contributed by atoms with Crippen LogP contribution in [0.15, 0.2) is 146 Å². The second-order valence-corrected chi connectivity index (χ2v) is 47.9. The summed E-state index contributed by atoms with van der Waals surface area (Å²) in [5.41, 5.74) is 8.85. The number of thioether (sulfide) groups is 2. The largest absolute Gasteiger partial charge is 0.451 e. The minimum atomic E-state index is 0.365. The first-order valence-corrected chi connectivity index (χ1v) is 63.1. The number of hydrogen-bond acceptors (Lipinski definition) is 15. The lowest BCUT2D eigenvalue weighted by atomic mass is 9.80. The SMILES string of the molecule is C1CCNC1.CC.CC.CC.CC.CC.CC.CC.CC.CC.CC.CC.CC.CC(C)(C)CC1C=CCCC1.CC(C)(C)CC1C=CCCO1.CC(C)(C)CC1C=CCCS1.CC(C)(C)CC1CC=CCC1.CC(C)(C)CC1CC=CCO1.CC(C)(C)CC1CC=CCS1.CC(C)Cc1cnco1.CC(C)Cc1cncs1.CC(C)Cc1cocn1.CC(C)Cc1cscn1.CC(C)Cc1ncco1.CCC(C)C. The van der Waals surface area contributed by atoms with Crippen LogP contribution >= 0.6 is 46.2 Å². The predicted octanol–water partition coefficient (Wildman–Crippen LogP) is 45.1. The van der Waals surface area contributed by atoms with Crippen LogP contribution in [0, 0.1) is 79.8 Å². The van der Waals surface area contributed by atoms with Gasteiger partial charge in [-0.3, -0.25) is 4.98 Å². The van der Waals surface area contributed by atoms with E-state index in [4.69, 9.17) is 22.7 Å². The van der Waals surface area contributed by atoms with E-state index in [1.54, 1.807) is 47.6 Å². The highest BCUT2D eigenvalue weighted by atomic mass is 32.2. The highest BCUT2D eigenvalue weighted by molar-refractivity contribution is 8.00. The van der Waals surface area contributed by atoms with E-state index in [2.05, 4.69) is 347 Å². The molecule has 12 rings (SSSR count). The number of thiazole rings is 2. The fraction of sp³-hybridized carbons (Fsp3) is 0.792. The van der Waals surface area contributed by atoms with Gasteiger partial charge < -0.3 is 28.0 Å². The van der Waals surface area contributed by atoms with Crippen molar-refractivity contribution in [2.45, 2.75) is 558 Å². The van der Waals surface area contributed by atoms with Crippen molar-refractivity contribution in [3.8, 4) is 0 Å². The summed E-state index contributed by atoms with van der Waals surface area (Å²) in [5.74, 6) is 10.5. The Labute approximate surface area is 928 Å². The van der Waals surface area contributed by atoms with Crippen LogP contribution in [0.4, 0.5) is 0 Å². The molecule has 10 heterocycles. The Hall–Kier alpha value is -4.09.